The molecule has 0 saturated carbocycles. The lowest BCUT2D eigenvalue weighted by Gasteiger charge is -2.17. The number of hydrogen-bond donors (Lipinski definition) is 1. The standard InChI is InChI=1S/C15H15ClN2O2/c1-10-14(4-3-5-15(10)18(19)20)17-11(2)12-6-8-13(16)9-7-12/h3-9,11,17H,1-2H3. The van der Waals surface area contributed by atoms with Gasteiger partial charge in [-0.05, 0) is 37.6 Å². The van der Waals surface area contributed by atoms with E-state index in [2.05, 4.69) is 5.32 Å². The number of nitro groups is 1. The van der Waals surface area contributed by atoms with Gasteiger partial charge in [-0.15, -0.1) is 0 Å². The van der Waals surface area contributed by atoms with Gasteiger partial charge in [-0.1, -0.05) is 29.8 Å². The van der Waals surface area contributed by atoms with Crippen molar-refractivity contribution in [2.75, 3.05) is 5.32 Å². The number of hydrogen-bond acceptors (Lipinski definition) is 3. The zero-order valence-corrected chi connectivity index (χ0v) is 12.0. The minimum Gasteiger partial charge on any atom is -0.378 e. The first-order valence-electron chi connectivity index (χ1n) is 6.25. The lowest BCUT2D eigenvalue weighted by atomic mass is 10.1. The predicted molar refractivity (Wildman–Crippen MR) is 81.3 cm³/mol. The Morgan fingerprint density at radius 2 is 1.85 bits per heavy atom. The maximum Gasteiger partial charge on any atom is 0.274 e. The highest BCUT2D eigenvalue weighted by molar-refractivity contribution is 6.30. The molecule has 20 heavy (non-hydrogen) atoms. The van der Waals surface area contributed by atoms with E-state index < -0.39 is 0 Å². The Hall–Kier alpha value is -2.07. The second-order valence-electron chi connectivity index (χ2n) is 4.62. The van der Waals surface area contributed by atoms with Crippen LogP contribution in [0.3, 0.4) is 0 Å². The zero-order chi connectivity index (χ0) is 14.7. The fraction of sp³-hybridized carbons (Fsp3) is 0.200. The van der Waals surface area contributed by atoms with Crippen LogP contribution in [-0.2, 0) is 0 Å². The van der Waals surface area contributed by atoms with Gasteiger partial charge in [0.1, 0.15) is 0 Å². The van der Waals surface area contributed by atoms with Gasteiger partial charge in [-0.2, -0.15) is 0 Å². The van der Waals surface area contributed by atoms with Gasteiger partial charge in [0.05, 0.1) is 4.92 Å². The third-order valence-electron chi connectivity index (χ3n) is 3.24. The van der Waals surface area contributed by atoms with Crippen LogP contribution in [0.2, 0.25) is 5.02 Å². The predicted octanol–water partition coefficient (Wildman–Crippen LogP) is 4.73. The Kier molecular flexibility index (Phi) is 4.25. The molecule has 0 aliphatic carbocycles. The molecule has 0 saturated heterocycles. The Bertz CT molecular complexity index is 626. The highest BCUT2D eigenvalue weighted by Gasteiger charge is 2.14. The summed E-state index contributed by atoms with van der Waals surface area (Å²) < 4.78 is 0. The van der Waals surface area contributed by atoms with E-state index in [1.165, 1.54) is 6.07 Å². The molecule has 1 N–H and O–H groups in total. The molecule has 0 spiro atoms. The van der Waals surface area contributed by atoms with Crippen molar-refractivity contribution in [2.24, 2.45) is 0 Å². The molecular formula is C15H15ClN2O2. The summed E-state index contributed by atoms with van der Waals surface area (Å²) in [5.74, 6) is 0. The van der Waals surface area contributed by atoms with Crippen LogP contribution < -0.4 is 5.32 Å². The number of nitrogens with zero attached hydrogens (tertiary/aromatic N) is 1. The molecule has 0 amide bonds. The van der Waals surface area contributed by atoms with Crippen molar-refractivity contribution in [3.8, 4) is 0 Å². The van der Waals surface area contributed by atoms with Crippen molar-refractivity contribution in [2.45, 2.75) is 19.9 Å². The lowest BCUT2D eigenvalue weighted by Crippen LogP contribution is -2.08. The average molecular weight is 291 g/mol. The average Bonchev–Trinajstić information content (AvgIpc) is 2.41. The molecule has 0 radical (unpaired) electrons. The van der Waals surface area contributed by atoms with Crippen molar-refractivity contribution in [1.29, 1.82) is 0 Å². The maximum atomic E-state index is 10.9. The Morgan fingerprint density at radius 1 is 1.20 bits per heavy atom. The van der Waals surface area contributed by atoms with Gasteiger partial charge in [-0.3, -0.25) is 10.1 Å². The number of anilines is 1. The van der Waals surface area contributed by atoms with Gasteiger partial charge >= 0.3 is 0 Å². The molecule has 4 nitrogen and oxygen atoms in total. The Balaban J connectivity index is 2.23. The van der Waals surface area contributed by atoms with Crippen LogP contribution in [0.5, 0.6) is 0 Å². The van der Waals surface area contributed by atoms with Crippen molar-refractivity contribution in [3.63, 3.8) is 0 Å². The molecule has 0 bridgehead atoms. The summed E-state index contributed by atoms with van der Waals surface area (Å²) >= 11 is 5.86. The topological polar surface area (TPSA) is 55.2 Å². The second kappa shape index (κ2) is 5.92. The molecule has 1 atom stereocenters. The van der Waals surface area contributed by atoms with Crippen LogP contribution in [0.15, 0.2) is 42.5 Å². The normalized spacial score (nSPS) is 11.9. The van der Waals surface area contributed by atoms with Gasteiger partial charge < -0.3 is 5.32 Å². The quantitative estimate of drug-likeness (QED) is 0.654. The third-order valence-corrected chi connectivity index (χ3v) is 3.50. The van der Waals surface area contributed by atoms with Crippen LogP contribution in [0.4, 0.5) is 11.4 Å². The Labute approximate surface area is 122 Å². The molecule has 0 aliphatic heterocycles. The fourth-order valence-electron chi connectivity index (χ4n) is 2.05. The first-order chi connectivity index (χ1) is 9.49. The van der Waals surface area contributed by atoms with Gasteiger partial charge in [0.15, 0.2) is 0 Å². The largest absolute Gasteiger partial charge is 0.378 e. The summed E-state index contributed by atoms with van der Waals surface area (Å²) in [6.07, 6.45) is 0. The molecular weight excluding hydrogens is 276 g/mol. The van der Waals surface area contributed by atoms with Crippen LogP contribution in [0, 0.1) is 17.0 Å². The number of benzene rings is 2. The molecule has 0 aromatic heterocycles. The minimum atomic E-state index is -0.368. The van der Waals surface area contributed by atoms with Crippen molar-refractivity contribution >= 4 is 23.0 Å². The van der Waals surface area contributed by atoms with E-state index in [9.17, 15) is 10.1 Å². The summed E-state index contributed by atoms with van der Waals surface area (Å²) in [6, 6.07) is 12.6. The van der Waals surface area contributed by atoms with Gasteiger partial charge in [0.2, 0.25) is 0 Å². The number of halogens is 1. The molecule has 1 unspecified atom stereocenters. The minimum absolute atomic E-state index is 0.0352. The molecule has 2 aromatic rings. The lowest BCUT2D eigenvalue weighted by molar-refractivity contribution is -0.385. The van der Waals surface area contributed by atoms with E-state index in [0.717, 1.165) is 11.3 Å². The molecule has 0 fully saturated rings. The van der Waals surface area contributed by atoms with Gasteiger partial charge in [-0.25, -0.2) is 0 Å². The van der Waals surface area contributed by atoms with Crippen molar-refractivity contribution in [1.82, 2.24) is 0 Å². The SMILES string of the molecule is Cc1c(NC(C)c2ccc(Cl)cc2)cccc1[N+](=O)[O-]. The number of nitrogens with one attached hydrogen (secondary N) is 1. The van der Waals surface area contributed by atoms with E-state index in [1.54, 1.807) is 13.0 Å². The summed E-state index contributed by atoms with van der Waals surface area (Å²) in [5, 5.41) is 14.9. The molecule has 0 aliphatic rings. The van der Waals surface area contributed by atoms with Crippen LogP contribution in [0.25, 0.3) is 0 Å². The van der Waals surface area contributed by atoms with Crippen molar-refractivity contribution in [3.05, 3.63) is 68.7 Å². The fourth-order valence-corrected chi connectivity index (χ4v) is 2.17. The monoisotopic (exact) mass is 290 g/mol. The first kappa shape index (κ1) is 14.3. The smallest absolute Gasteiger partial charge is 0.274 e. The molecule has 5 heteroatoms. The summed E-state index contributed by atoms with van der Waals surface area (Å²) in [7, 11) is 0. The first-order valence-corrected chi connectivity index (χ1v) is 6.63. The second-order valence-corrected chi connectivity index (χ2v) is 5.06. The van der Waals surface area contributed by atoms with Gasteiger partial charge in [0.25, 0.3) is 5.69 Å². The molecule has 104 valence electrons. The molecule has 0 heterocycles. The number of nitro benzene ring substituents is 1. The van der Waals surface area contributed by atoms with E-state index in [1.807, 2.05) is 37.3 Å². The van der Waals surface area contributed by atoms with Crippen LogP contribution in [0.1, 0.15) is 24.1 Å². The van der Waals surface area contributed by atoms with E-state index in [0.29, 0.717) is 10.6 Å². The highest BCUT2D eigenvalue weighted by Crippen LogP contribution is 2.28. The van der Waals surface area contributed by atoms with Crippen molar-refractivity contribution < 1.29 is 4.92 Å². The summed E-state index contributed by atoms with van der Waals surface area (Å²) in [5.41, 5.74) is 2.60. The summed E-state index contributed by atoms with van der Waals surface area (Å²) in [4.78, 5) is 10.6. The van der Waals surface area contributed by atoms with Crippen LogP contribution in [-0.4, -0.2) is 4.92 Å². The molecule has 2 rings (SSSR count). The Morgan fingerprint density at radius 3 is 2.45 bits per heavy atom. The maximum absolute atomic E-state index is 10.9. The van der Waals surface area contributed by atoms with Gasteiger partial charge in [0, 0.05) is 28.4 Å². The van der Waals surface area contributed by atoms with E-state index in [-0.39, 0.29) is 16.7 Å². The highest BCUT2D eigenvalue weighted by atomic mass is 35.5. The number of rotatable bonds is 4. The van der Waals surface area contributed by atoms with E-state index in [4.69, 9.17) is 11.6 Å². The third kappa shape index (κ3) is 3.08. The zero-order valence-electron chi connectivity index (χ0n) is 11.3. The van der Waals surface area contributed by atoms with Crippen LogP contribution >= 0.6 is 11.6 Å². The van der Waals surface area contributed by atoms with E-state index >= 15 is 0 Å². The summed E-state index contributed by atoms with van der Waals surface area (Å²) in [6.45, 7) is 3.75. The molecule has 2 aromatic carbocycles.